The number of para-hydroxylation sites is 1. The van der Waals surface area contributed by atoms with Crippen LogP contribution in [-0.4, -0.2) is 64.5 Å². The zero-order chi connectivity index (χ0) is 24.8. The molecular weight excluding hydrogens is 467 g/mol. The summed E-state index contributed by atoms with van der Waals surface area (Å²) in [6.45, 7) is 8.45. The topological polar surface area (TPSA) is 90.5 Å². The summed E-state index contributed by atoms with van der Waals surface area (Å²) >= 11 is 1.27. The lowest BCUT2D eigenvalue weighted by Crippen LogP contribution is -2.48. The largest absolute Gasteiger partial charge is 0.346 e. The SMILES string of the molecule is Cc1cccc(C)c1NC(=O)CN1CCN(Cc2nnc(C(=O)NCc3ccc(F)cc3)s2)CC1. The zero-order valence-electron chi connectivity index (χ0n) is 19.9. The third-order valence-electron chi connectivity index (χ3n) is 5.96. The van der Waals surface area contributed by atoms with Crippen molar-refractivity contribution < 1.29 is 14.0 Å². The Morgan fingerprint density at radius 1 is 0.971 bits per heavy atom. The second kappa shape index (κ2) is 11.5. The van der Waals surface area contributed by atoms with Crippen LogP contribution in [0.1, 0.15) is 31.5 Å². The maximum atomic E-state index is 13.0. The Kier molecular flexibility index (Phi) is 8.17. The minimum absolute atomic E-state index is 0.00346. The maximum Gasteiger partial charge on any atom is 0.282 e. The molecule has 0 atom stereocenters. The number of piperazine rings is 1. The highest BCUT2D eigenvalue weighted by Gasteiger charge is 2.21. The van der Waals surface area contributed by atoms with Gasteiger partial charge in [0.05, 0.1) is 13.1 Å². The van der Waals surface area contributed by atoms with Crippen LogP contribution in [0, 0.1) is 19.7 Å². The van der Waals surface area contributed by atoms with Crippen LogP contribution < -0.4 is 10.6 Å². The van der Waals surface area contributed by atoms with E-state index in [-0.39, 0.29) is 17.6 Å². The van der Waals surface area contributed by atoms with Crippen molar-refractivity contribution in [2.45, 2.75) is 26.9 Å². The molecule has 2 amide bonds. The average molecular weight is 497 g/mol. The van der Waals surface area contributed by atoms with Gasteiger partial charge in [0.2, 0.25) is 10.9 Å². The highest BCUT2D eigenvalue weighted by molar-refractivity contribution is 7.13. The quantitative estimate of drug-likeness (QED) is 0.498. The first-order valence-corrected chi connectivity index (χ1v) is 12.3. The van der Waals surface area contributed by atoms with Crippen LogP contribution in [0.15, 0.2) is 42.5 Å². The van der Waals surface area contributed by atoms with Crippen molar-refractivity contribution in [1.82, 2.24) is 25.3 Å². The van der Waals surface area contributed by atoms with Crippen molar-refractivity contribution in [2.75, 3.05) is 38.0 Å². The molecule has 10 heteroatoms. The molecule has 184 valence electrons. The Morgan fingerprint density at radius 3 is 2.31 bits per heavy atom. The number of benzene rings is 2. The van der Waals surface area contributed by atoms with Crippen molar-refractivity contribution >= 4 is 28.8 Å². The fourth-order valence-electron chi connectivity index (χ4n) is 3.96. The Balaban J connectivity index is 1.20. The Hall–Kier alpha value is -3.21. The minimum Gasteiger partial charge on any atom is -0.346 e. The molecule has 8 nitrogen and oxygen atoms in total. The van der Waals surface area contributed by atoms with Gasteiger partial charge in [-0.15, -0.1) is 10.2 Å². The second-order valence-electron chi connectivity index (χ2n) is 8.68. The summed E-state index contributed by atoms with van der Waals surface area (Å²) in [6.07, 6.45) is 0. The van der Waals surface area contributed by atoms with Crippen LogP contribution in [0.5, 0.6) is 0 Å². The molecule has 3 aromatic rings. The molecule has 0 spiro atoms. The lowest BCUT2D eigenvalue weighted by Gasteiger charge is -2.33. The van der Waals surface area contributed by atoms with Crippen molar-refractivity contribution in [3.05, 3.63) is 75.0 Å². The number of amides is 2. The highest BCUT2D eigenvalue weighted by Crippen LogP contribution is 2.19. The zero-order valence-corrected chi connectivity index (χ0v) is 20.7. The van der Waals surface area contributed by atoms with E-state index < -0.39 is 0 Å². The number of anilines is 1. The number of hydrogen-bond donors (Lipinski definition) is 2. The normalized spacial score (nSPS) is 14.6. The Labute approximate surface area is 208 Å². The minimum atomic E-state index is -0.310. The molecule has 1 aliphatic heterocycles. The first-order chi connectivity index (χ1) is 16.9. The highest BCUT2D eigenvalue weighted by atomic mass is 32.1. The van der Waals surface area contributed by atoms with Crippen LogP contribution in [0.2, 0.25) is 0 Å². The summed E-state index contributed by atoms with van der Waals surface area (Å²) < 4.78 is 13.0. The smallest absolute Gasteiger partial charge is 0.282 e. The fourth-order valence-corrected chi connectivity index (χ4v) is 4.76. The van der Waals surface area contributed by atoms with Crippen molar-refractivity contribution in [3.8, 4) is 0 Å². The molecule has 4 rings (SSSR count). The number of nitrogens with zero attached hydrogens (tertiary/aromatic N) is 4. The Morgan fingerprint density at radius 2 is 1.63 bits per heavy atom. The van der Waals surface area contributed by atoms with Gasteiger partial charge < -0.3 is 10.6 Å². The number of nitrogens with one attached hydrogen (secondary N) is 2. The molecule has 1 fully saturated rings. The molecule has 0 aliphatic carbocycles. The summed E-state index contributed by atoms with van der Waals surface area (Å²) in [5, 5.41) is 15.1. The average Bonchev–Trinajstić information content (AvgIpc) is 3.31. The van der Waals surface area contributed by atoms with Gasteiger partial charge in [-0.3, -0.25) is 19.4 Å². The van der Waals surface area contributed by atoms with E-state index in [1.54, 1.807) is 12.1 Å². The van der Waals surface area contributed by atoms with Crippen LogP contribution >= 0.6 is 11.3 Å². The summed E-state index contributed by atoms with van der Waals surface area (Å²) in [7, 11) is 0. The van der Waals surface area contributed by atoms with E-state index in [0.717, 1.165) is 53.6 Å². The predicted molar refractivity (Wildman–Crippen MR) is 134 cm³/mol. The lowest BCUT2D eigenvalue weighted by atomic mass is 10.1. The second-order valence-corrected chi connectivity index (χ2v) is 9.74. The van der Waals surface area contributed by atoms with Crippen molar-refractivity contribution in [2.24, 2.45) is 0 Å². The summed E-state index contributed by atoms with van der Waals surface area (Å²) in [4.78, 5) is 29.3. The molecule has 35 heavy (non-hydrogen) atoms. The van der Waals surface area contributed by atoms with Gasteiger partial charge in [-0.1, -0.05) is 41.7 Å². The molecule has 1 aliphatic rings. The molecule has 0 saturated carbocycles. The molecule has 2 N–H and O–H groups in total. The Bertz CT molecular complexity index is 1150. The van der Waals surface area contributed by atoms with Gasteiger partial charge in [-0.2, -0.15) is 0 Å². The monoisotopic (exact) mass is 496 g/mol. The van der Waals surface area contributed by atoms with Crippen molar-refractivity contribution in [3.63, 3.8) is 0 Å². The molecule has 1 saturated heterocycles. The van der Waals surface area contributed by atoms with E-state index in [9.17, 15) is 14.0 Å². The molecular formula is C25H29FN6O2S. The van der Waals surface area contributed by atoms with Gasteiger partial charge in [-0.05, 0) is 42.7 Å². The molecule has 0 unspecified atom stereocenters. The number of aryl methyl sites for hydroxylation is 2. The summed E-state index contributed by atoms with van der Waals surface area (Å²) in [6, 6.07) is 12.0. The number of carbonyl (C=O) groups is 2. The van der Waals surface area contributed by atoms with E-state index in [1.165, 1.54) is 23.5 Å². The molecule has 2 aromatic carbocycles. The van der Waals surface area contributed by atoms with Gasteiger partial charge in [0.15, 0.2) is 0 Å². The first kappa shape index (κ1) is 24.9. The van der Waals surface area contributed by atoms with E-state index in [1.807, 2.05) is 32.0 Å². The third-order valence-corrected chi connectivity index (χ3v) is 6.87. The van der Waals surface area contributed by atoms with E-state index in [4.69, 9.17) is 0 Å². The van der Waals surface area contributed by atoms with Gasteiger partial charge in [0, 0.05) is 38.4 Å². The molecule has 0 radical (unpaired) electrons. The van der Waals surface area contributed by atoms with Gasteiger partial charge in [0.1, 0.15) is 10.8 Å². The van der Waals surface area contributed by atoms with Crippen LogP contribution in [0.3, 0.4) is 0 Å². The van der Waals surface area contributed by atoms with Gasteiger partial charge >= 0.3 is 0 Å². The molecule has 2 heterocycles. The van der Waals surface area contributed by atoms with Crippen LogP contribution in [-0.2, 0) is 17.9 Å². The van der Waals surface area contributed by atoms with E-state index in [2.05, 4.69) is 30.6 Å². The number of aromatic nitrogens is 2. The number of carbonyl (C=O) groups excluding carboxylic acids is 2. The maximum absolute atomic E-state index is 13.0. The number of rotatable bonds is 8. The first-order valence-electron chi connectivity index (χ1n) is 11.5. The summed E-state index contributed by atoms with van der Waals surface area (Å²) in [5.74, 6) is -0.607. The van der Waals surface area contributed by atoms with Crippen LogP contribution in [0.25, 0.3) is 0 Å². The van der Waals surface area contributed by atoms with E-state index in [0.29, 0.717) is 24.6 Å². The number of hydrogen-bond acceptors (Lipinski definition) is 7. The lowest BCUT2D eigenvalue weighted by molar-refractivity contribution is -0.117. The number of halogens is 1. The van der Waals surface area contributed by atoms with Crippen LogP contribution in [0.4, 0.5) is 10.1 Å². The standard InChI is InChI=1S/C25H29FN6O2S/c1-17-4-3-5-18(2)23(17)28-21(33)15-31-10-12-32(13-11-31)16-22-29-30-25(35-22)24(34)27-14-19-6-8-20(26)9-7-19/h3-9H,10-16H2,1-2H3,(H,27,34)(H,28,33). The molecule has 1 aromatic heterocycles. The predicted octanol–water partition coefficient (Wildman–Crippen LogP) is 2.98. The van der Waals surface area contributed by atoms with Crippen molar-refractivity contribution in [1.29, 1.82) is 0 Å². The van der Waals surface area contributed by atoms with Gasteiger partial charge in [-0.25, -0.2) is 4.39 Å². The van der Waals surface area contributed by atoms with E-state index >= 15 is 0 Å². The fraction of sp³-hybridized carbons (Fsp3) is 0.360. The van der Waals surface area contributed by atoms with Gasteiger partial charge in [0.25, 0.3) is 5.91 Å². The summed E-state index contributed by atoms with van der Waals surface area (Å²) in [5.41, 5.74) is 3.82. The molecule has 0 bridgehead atoms. The third kappa shape index (κ3) is 6.91.